The monoisotopic (exact) mass is 266 g/mol. The maximum Gasteiger partial charge on any atom is 0.191 e. The van der Waals surface area contributed by atoms with Crippen molar-refractivity contribution in [1.82, 2.24) is 9.97 Å². The van der Waals surface area contributed by atoms with Crippen LogP contribution in [-0.2, 0) is 4.74 Å². The van der Waals surface area contributed by atoms with Gasteiger partial charge in [-0.2, -0.15) is 0 Å². The summed E-state index contributed by atoms with van der Waals surface area (Å²) in [5, 5.41) is 1.20. The SMILES string of the molecule is Nc1cc(N)nc(SC2CCOC3(CCC3)C2)n1. The Balaban J connectivity index is 1.68. The maximum atomic E-state index is 5.91. The quantitative estimate of drug-likeness (QED) is 0.794. The second kappa shape index (κ2) is 4.59. The molecule has 0 aromatic carbocycles. The number of nitrogen functional groups attached to an aromatic ring is 2. The van der Waals surface area contributed by atoms with Crippen LogP contribution in [-0.4, -0.2) is 27.4 Å². The lowest BCUT2D eigenvalue weighted by Crippen LogP contribution is -2.46. The highest BCUT2D eigenvalue weighted by Crippen LogP contribution is 2.45. The van der Waals surface area contributed by atoms with Gasteiger partial charge in [-0.25, -0.2) is 9.97 Å². The summed E-state index contributed by atoms with van der Waals surface area (Å²) in [6.45, 7) is 0.843. The second-order valence-electron chi connectivity index (χ2n) is 5.12. The Morgan fingerprint density at radius 1 is 1.28 bits per heavy atom. The van der Waals surface area contributed by atoms with Crippen molar-refractivity contribution in [2.45, 2.75) is 48.1 Å². The summed E-state index contributed by atoms with van der Waals surface area (Å²) < 4.78 is 5.91. The van der Waals surface area contributed by atoms with E-state index in [2.05, 4.69) is 9.97 Å². The van der Waals surface area contributed by atoms with Gasteiger partial charge in [0.05, 0.1) is 5.60 Å². The molecule has 5 nitrogen and oxygen atoms in total. The average molecular weight is 266 g/mol. The van der Waals surface area contributed by atoms with Crippen LogP contribution in [0.15, 0.2) is 11.2 Å². The van der Waals surface area contributed by atoms with E-state index in [4.69, 9.17) is 16.2 Å². The first-order chi connectivity index (χ1) is 8.65. The summed E-state index contributed by atoms with van der Waals surface area (Å²) in [6, 6.07) is 1.58. The number of nitrogens with two attached hydrogens (primary N) is 2. The molecule has 2 aliphatic rings. The third-order valence-electron chi connectivity index (χ3n) is 3.73. The Morgan fingerprint density at radius 2 is 2.00 bits per heavy atom. The van der Waals surface area contributed by atoms with Crippen LogP contribution in [0.5, 0.6) is 0 Å². The number of anilines is 2. The van der Waals surface area contributed by atoms with Gasteiger partial charge in [-0.15, -0.1) is 0 Å². The number of hydrogen-bond acceptors (Lipinski definition) is 6. The van der Waals surface area contributed by atoms with E-state index in [1.807, 2.05) is 0 Å². The van der Waals surface area contributed by atoms with Crippen molar-refractivity contribution in [2.24, 2.45) is 0 Å². The minimum Gasteiger partial charge on any atom is -0.383 e. The smallest absolute Gasteiger partial charge is 0.191 e. The van der Waals surface area contributed by atoms with Gasteiger partial charge < -0.3 is 16.2 Å². The normalized spacial score (nSPS) is 25.9. The fourth-order valence-electron chi connectivity index (χ4n) is 2.67. The Hall–Kier alpha value is -1.01. The molecule has 1 unspecified atom stereocenters. The lowest BCUT2D eigenvalue weighted by molar-refractivity contribution is -0.125. The molecule has 1 spiro atoms. The van der Waals surface area contributed by atoms with Crippen molar-refractivity contribution in [1.29, 1.82) is 0 Å². The van der Waals surface area contributed by atoms with Crippen molar-refractivity contribution in [3.8, 4) is 0 Å². The Kier molecular flexibility index (Phi) is 3.07. The summed E-state index contributed by atoms with van der Waals surface area (Å²) in [7, 11) is 0. The fraction of sp³-hybridized carbons (Fsp3) is 0.667. The molecule has 2 fully saturated rings. The molecule has 1 aliphatic carbocycles. The maximum absolute atomic E-state index is 5.91. The first-order valence-electron chi connectivity index (χ1n) is 6.36. The Labute approximate surface area is 111 Å². The molecular weight excluding hydrogens is 248 g/mol. The third-order valence-corrected chi connectivity index (χ3v) is 4.86. The molecule has 1 aromatic rings. The largest absolute Gasteiger partial charge is 0.383 e. The highest BCUT2D eigenvalue weighted by Gasteiger charge is 2.42. The Bertz CT molecular complexity index is 429. The van der Waals surface area contributed by atoms with Gasteiger partial charge in [0, 0.05) is 17.9 Å². The average Bonchev–Trinajstić information content (AvgIpc) is 2.26. The van der Waals surface area contributed by atoms with Gasteiger partial charge in [0.15, 0.2) is 5.16 Å². The van der Waals surface area contributed by atoms with Crippen molar-refractivity contribution in [3.63, 3.8) is 0 Å². The first kappa shape index (κ1) is 12.0. The zero-order chi connectivity index (χ0) is 12.6. The van der Waals surface area contributed by atoms with Crippen molar-refractivity contribution < 1.29 is 4.74 Å². The number of hydrogen-bond donors (Lipinski definition) is 2. The van der Waals surface area contributed by atoms with E-state index in [0.717, 1.165) is 19.4 Å². The number of nitrogens with zero attached hydrogens (tertiary/aromatic N) is 2. The summed E-state index contributed by atoms with van der Waals surface area (Å²) in [6.07, 6.45) is 5.83. The van der Waals surface area contributed by atoms with Crippen molar-refractivity contribution in [2.75, 3.05) is 18.1 Å². The molecule has 1 saturated heterocycles. The van der Waals surface area contributed by atoms with Gasteiger partial charge >= 0.3 is 0 Å². The topological polar surface area (TPSA) is 87.1 Å². The number of aromatic nitrogens is 2. The van der Waals surface area contributed by atoms with Crippen LogP contribution in [0.1, 0.15) is 32.1 Å². The van der Waals surface area contributed by atoms with Crippen LogP contribution < -0.4 is 11.5 Å². The van der Waals surface area contributed by atoms with Crippen LogP contribution in [0.2, 0.25) is 0 Å². The first-order valence-corrected chi connectivity index (χ1v) is 7.24. The van der Waals surface area contributed by atoms with Crippen LogP contribution in [0.4, 0.5) is 11.6 Å². The summed E-state index contributed by atoms with van der Waals surface area (Å²) in [4.78, 5) is 8.46. The highest BCUT2D eigenvalue weighted by molar-refractivity contribution is 7.99. The third kappa shape index (κ3) is 2.40. The fourth-order valence-corrected chi connectivity index (χ4v) is 3.88. The van der Waals surface area contributed by atoms with Gasteiger partial charge in [-0.1, -0.05) is 11.8 Å². The van der Waals surface area contributed by atoms with Crippen LogP contribution in [0.3, 0.4) is 0 Å². The van der Waals surface area contributed by atoms with Gasteiger partial charge in [-0.3, -0.25) is 0 Å². The molecule has 1 saturated carbocycles. The standard InChI is InChI=1S/C12H18N4OS/c13-9-6-10(14)16-11(15-9)18-8-2-5-17-12(7-8)3-1-4-12/h6,8H,1-5,7H2,(H4,13,14,15,16). The van der Waals surface area contributed by atoms with Gasteiger partial charge in [0.1, 0.15) is 11.6 Å². The number of rotatable bonds is 2. The molecule has 1 aliphatic heterocycles. The molecule has 3 rings (SSSR count). The molecule has 0 bridgehead atoms. The van der Waals surface area contributed by atoms with Gasteiger partial charge in [0.25, 0.3) is 0 Å². The van der Waals surface area contributed by atoms with Gasteiger partial charge in [-0.05, 0) is 32.1 Å². The van der Waals surface area contributed by atoms with Crippen LogP contribution in [0, 0.1) is 0 Å². The van der Waals surface area contributed by atoms with Crippen LogP contribution in [0.25, 0.3) is 0 Å². The van der Waals surface area contributed by atoms with E-state index in [9.17, 15) is 0 Å². The minimum atomic E-state index is 0.155. The zero-order valence-electron chi connectivity index (χ0n) is 10.3. The molecule has 18 heavy (non-hydrogen) atoms. The van der Waals surface area contributed by atoms with E-state index < -0.39 is 0 Å². The molecule has 2 heterocycles. The number of thioether (sulfide) groups is 1. The van der Waals surface area contributed by atoms with Crippen LogP contribution >= 0.6 is 11.8 Å². The van der Waals surface area contributed by atoms with Crippen molar-refractivity contribution >= 4 is 23.4 Å². The molecule has 4 N–H and O–H groups in total. The lowest BCUT2D eigenvalue weighted by Gasteiger charge is -2.46. The molecule has 0 amide bonds. The second-order valence-corrected chi connectivity index (χ2v) is 6.39. The zero-order valence-corrected chi connectivity index (χ0v) is 11.1. The van der Waals surface area contributed by atoms with Crippen molar-refractivity contribution in [3.05, 3.63) is 6.07 Å². The van der Waals surface area contributed by atoms with E-state index >= 15 is 0 Å². The summed E-state index contributed by atoms with van der Waals surface area (Å²) in [5.41, 5.74) is 11.5. The Morgan fingerprint density at radius 3 is 2.61 bits per heavy atom. The molecule has 1 aromatic heterocycles. The highest BCUT2D eigenvalue weighted by atomic mass is 32.2. The predicted octanol–water partition coefficient (Wildman–Crippen LogP) is 1.83. The number of ether oxygens (including phenoxy) is 1. The molecule has 1 atom stereocenters. The predicted molar refractivity (Wildman–Crippen MR) is 72.3 cm³/mol. The molecule has 0 radical (unpaired) electrons. The van der Waals surface area contributed by atoms with E-state index in [-0.39, 0.29) is 5.60 Å². The molecule has 6 heteroatoms. The van der Waals surface area contributed by atoms with E-state index in [0.29, 0.717) is 22.0 Å². The van der Waals surface area contributed by atoms with Gasteiger partial charge in [0.2, 0.25) is 0 Å². The molecular formula is C12H18N4OS. The van der Waals surface area contributed by atoms with E-state index in [1.54, 1.807) is 17.8 Å². The summed E-state index contributed by atoms with van der Waals surface area (Å²) >= 11 is 1.68. The minimum absolute atomic E-state index is 0.155. The summed E-state index contributed by atoms with van der Waals surface area (Å²) in [5.74, 6) is 0.880. The van der Waals surface area contributed by atoms with E-state index in [1.165, 1.54) is 19.3 Å². The lowest BCUT2D eigenvalue weighted by atomic mass is 9.75. The molecule has 98 valence electrons.